The Morgan fingerprint density at radius 2 is 1.92 bits per heavy atom. The van der Waals surface area contributed by atoms with E-state index in [-0.39, 0.29) is 53.0 Å². The molecule has 25 heavy (non-hydrogen) atoms. The first kappa shape index (κ1) is 19.7. The number of nitrogens with two attached hydrogens (primary N) is 1. The second kappa shape index (κ2) is 7.31. The maximum absolute atomic E-state index is 12.4. The summed E-state index contributed by atoms with van der Waals surface area (Å²) in [6, 6.07) is 4.44. The second-order valence-electron chi connectivity index (χ2n) is 6.27. The molecule has 1 saturated carbocycles. The molecular weight excluding hydrogens is 366 g/mol. The maximum atomic E-state index is 12.4. The summed E-state index contributed by atoms with van der Waals surface area (Å²) in [4.78, 5) is 24.4. The number of carbonyl (C=O) groups is 2. The van der Waals surface area contributed by atoms with Crippen molar-refractivity contribution in [2.45, 2.75) is 49.6 Å². The first-order chi connectivity index (χ1) is 11.3. The summed E-state index contributed by atoms with van der Waals surface area (Å²) in [5.41, 5.74) is 6.22. The number of hydrogen-bond donors (Lipinski definition) is 2. The summed E-state index contributed by atoms with van der Waals surface area (Å²) in [5.74, 6) is -0.864. The molecule has 0 unspecified atom stereocenters. The van der Waals surface area contributed by atoms with E-state index in [0.29, 0.717) is 0 Å². The Bertz CT molecular complexity index is 789. The van der Waals surface area contributed by atoms with Crippen molar-refractivity contribution in [3.05, 3.63) is 29.3 Å². The van der Waals surface area contributed by atoms with Gasteiger partial charge >= 0.3 is 0 Å². The average molecular weight is 388 g/mol. The summed E-state index contributed by atoms with van der Waals surface area (Å²) < 4.78 is 25.6. The van der Waals surface area contributed by atoms with Crippen LogP contribution >= 0.6 is 12.4 Å². The molecule has 0 radical (unpaired) electrons. The standard InChI is InChI=1S/C16H21N3O4S.ClH/c1-2-19-16(21)13-8-3-10(9-14(13)24(19,22)23)15(20)18-12-6-4-11(17)5-7-12;/h3,8-9,11-12H,2,4-7,17H2,1H3,(H,18,20);1H. The Morgan fingerprint density at radius 1 is 1.28 bits per heavy atom. The van der Waals surface area contributed by atoms with Gasteiger partial charge in [-0.2, -0.15) is 0 Å². The fraction of sp³-hybridized carbons (Fsp3) is 0.500. The SMILES string of the molecule is CCN1C(=O)c2ccc(C(=O)NC3CCC(N)CC3)cc2S1(=O)=O.Cl. The number of nitrogens with one attached hydrogen (secondary N) is 1. The third-order valence-corrected chi connectivity index (χ3v) is 6.56. The van der Waals surface area contributed by atoms with Crippen LogP contribution in [0.15, 0.2) is 23.1 Å². The van der Waals surface area contributed by atoms with Gasteiger partial charge in [0.1, 0.15) is 4.90 Å². The van der Waals surface area contributed by atoms with Gasteiger partial charge in [-0.15, -0.1) is 12.4 Å². The van der Waals surface area contributed by atoms with Crippen LogP contribution in [0.1, 0.15) is 53.3 Å². The number of rotatable bonds is 3. The zero-order valence-electron chi connectivity index (χ0n) is 13.9. The van der Waals surface area contributed by atoms with Crippen molar-refractivity contribution >= 4 is 34.2 Å². The highest BCUT2D eigenvalue weighted by Crippen LogP contribution is 2.30. The van der Waals surface area contributed by atoms with Gasteiger partial charge in [-0.3, -0.25) is 9.59 Å². The summed E-state index contributed by atoms with van der Waals surface area (Å²) >= 11 is 0. The number of carbonyl (C=O) groups excluding carboxylic acids is 2. The lowest BCUT2D eigenvalue weighted by Gasteiger charge is -2.26. The van der Waals surface area contributed by atoms with E-state index in [2.05, 4.69) is 5.32 Å². The van der Waals surface area contributed by atoms with Gasteiger partial charge in [0.15, 0.2) is 0 Å². The van der Waals surface area contributed by atoms with Crippen molar-refractivity contribution in [2.24, 2.45) is 5.73 Å². The zero-order chi connectivity index (χ0) is 17.5. The van der Waals surface area contributed by atoms with E-state index in [1.165, 1.54) is 18.2 Å². The largest absolute Gasteiger partial charge is 0.349 e. The molecule has 1 aromatic rings. The molecule has 2 amide bonds. The summed E-state index contributed by atoms with van der Waals surface area (Å²) in [5, 5.41) is 2.92. The van der Waals surface area contributed by atoms with Crippen molar-refractivity contribution in [3.63, 3.8) is 0 Å². The number of amides is 2. The number of halogens is 1. The van der Waals surface area contributed by atoms with Gasteiger partial charge in [-0.25, -0.2) is 12.7 Å². The first-order valence-electron chi connectivity index (χ1n) is 8.12. The molecule has 138 valence electrons. The van der Waals surface area contributed by atoms with E-state index in [4.69, 9.17) is 5.73 Å². The van der Waals surface area contributed by atoms with Crippen LogP contribution in [-0.2, 0) is 10.0 Å². The maximum Gasteiger partial charge on any atom is 0.268 e. The summed E-state index contributed by atoms with van der Waals surface area (Å²) in [7, 11) is -3.85. The molecule has 9 heteroatoms. The molecule has 1 fully saturated rings. The second-order valence-corrected chi connectivity index (χ2v) is 8.10. The molecule has 3 N–H and O–H groups in total. The van der Waals surface area contributed by atoms with Crippen LogP contribution < -0.4 is 11.1 Å². The van der Waals surface area contributed by atoms with Crippen molar-refractivity contribution in [1.29, 1.82) is 0 Å². The lowest BCUT2D eigenvalue weighted by atomic mass is 9.91. The van der Waals surface area contributed by atoms with Crippen LogP contribution in [0.2, 0.25) is 0 Å². The van der Waals surface area contributed by atoms with Crippen LogP contribution in [0.5, 0.6) is 0 Å². The molecule has 3 rings (SSSR count). The number of benzene rings is 1. The molecule has 1 aromatic carbocycles. The van der Waals surface area contributed by atoms with E-state index in [1.807, 2.05) is 0 Å². The Morgan fingerprint density at radius 3 is 2.52 bits per heavy atom. The molecule has 1 heterocycles. The Balaban J connectivity index is 0.00000225. The minimum atomic E-state index is -3.85. The average Bonchev–Trinajstić information content (AvgIpc) is 2.75. The van der Waals surface area contributed by atoms with Gasteiger partial charge in [0.25, 0.3) is 21.8 Å². The molecule has 1 aliphatic heterocycles. The molecule has 2 aliphatic rings. The van der Waals surface area contributed by atoms with Crippen LogP contribution in [0.25, 0.3) is 0 Å². The minimum Gasteiger partial charge on any atom is -0.349 e. The smallest absolute Gasteiger partial charge is 0.268 e. The number of sulfonamides is 1. The van der Waals surface area contributed by atoms with Crippen molar-refractivity contribution in [2.75, 3.05) is 6.54 Å². The quantitative estimate of drug-likeness (QED) is 0.811. The molecule has 0 spiro atoms. The Labute approximate surface area is 153 Å². The van der Waals surface area contributed by atoms with E-state index >= 15 is 0 Å². The highest BCUT2D eigenvalue weighted by Gasteiger charge is 2.40. The highest BCUT2D eigenvalue weighted by molar-refractivity contribution is 7.90. The van der Waals surface area contributed by atoms with Crippen LogP contribution in [0, 0.1) is 0 Å². The molecular formula is C16H22ClN3O4S. The van der Waals surface area contributed by atoms with Gasteiger partial charge < -0.3 is 11.1 Å². The highest BCUT2D eigenvalue weighted by atomic mass is 35.5. The van der Waals surface area contributed by atoms with Gasteiger partial charge in [0.05, 0.1) is 5.56 Å². The lowest BCUT2D eigenvalue weighted by Crippen LogP contribution is -2.40. The monoisotopic (exact) mass is 387 g/mol. The Kier molecular flexibility index (Phi) is 5.75. The minimum absolute atomic E-state index is 0. The third-order valence-electron chi connectivity index (χ3n) is 4.66. The van der Waals surface area contributed by atoms with E-state index < -0.39 is 15.9 Å². The van der Waals surface area contributed by atoms with Gasteiger partial charge in [-0.05, 0) is 50.8 Å². The summed E-state index contributed by atoms with van der Waals surface area (Å²) in [6.45, 7) is 1.67. The van der Waals surface area contributed by atoms with Crippen LogP contribution in [0.4, 0.5) is 0 Å². The predicted molar refractivity (Wildman–Crippen MR) is 95.3 cm³/mol. The van der Waals surface area contributed by atoms with Crippen LogP contribution in [-0.4, -0.2) is 43.2 Å². The lowest BCUT2D eigenvalue weighted by molar-refractivity contribution is 0.0873. The van der Waals surface area contributed by atoms with E-state index in [0.717, 1.165) is 30.0 Å². The normalized spacial score (nSPS) is 24.4. The molecule has 1 aliphatic carbocycles. The van der Waals surface area contributed by atoms with E-state index in [9.17, 15) is 18.0 Å². The molecule has 0 bridgehead atoms. The molecule has 7 nitrogen and oxygen atoms in total. The first-order valence-corrected chi connectivity index (χ1v) is 9.56. The topological polar surface area (TPSA) is 110 Å². The number of nitrogens with zero attached hydrogens (tertiary/aromatic N) is 1. The Hall–Kier alpha value is -1.64. The van der Waals surface area contributed by atoms with Crippen molar-refractivity contribution in [1.82, 2.24) is 9.62 Å². The van der Waals surface area contributed by atoms with Crippen molar-refractivity contribution in [3.8, 4) is 0 Å². The van der Waals surface area contributed by atoms with Crippen molar-refractivity contribution < 1.29 is 18.0 Å². The molecule has 0 saturated heterocycles. The summed E-state index contributed by atoms with van der Waals surface area (Å²) in [6.07, 6.45) is 3.36. The fourth-order valence-electron chi connectivity index (χ4n) is 3.26. The number of fused-ring (bicyclic) bond motifs is 1. The predicted octanol–water partition coefficient (Wildman–Crippen LogP) is 1.27. The van der Waals surface area contributed by atoms with E-state index in [1.54, 1.807) is 6.92 Å². The van der Waals surface area contributed by atoms with Gasteiger partial charge in [0, 0.05) is 24.2 Å². The zero-order valence-corrected chi connectivity index (χ0v) is 15.5. The molecule has 0 atom stereocenters. The van der Waals surface area contributed by atoms with Gasteiger partial charge in [0.2, 0.25) is 0 Å². The molecule has 0 aromatic heterocycles. The fourth-order valence-corrected chi connectivity index (χ4v) is 4.86. The third kappa shape index (κ3) is 3.51. The number of hydrogen-bond acceptors (Lipinski definition) is 5. The van der Waals surface area contributed by atoms with Gasteiger partial charge in [-0.1, -0.05) is 0 Å². The van der Waals surface area contributed by atoms with Crippen LogP contribution in [0.3, 0.4) is 0 Å².